The van der Waals surface area contributed by atoms with E-state index in [0.717, 1.165) is 12.5 Å². The third-order valence-electron chi connectivity index (χ3n) is 2.56. The molecule has 0 bridgehead atoms. The Morgan fingerprint density at radius 3 is 2.67 bits per heavy atom. The molecule has 1 aromatic carbocycles. The van der Waals surface area contributed by atoms with Gasteiger partial charge in [0.2, 0.25) is 10.0 Å². The largest absolute Gasteiger partial charge is 0.243 e. The predicted octanol–water partition coefficient (Wildman–Crippen LogP) is 2.76. The Bertz CT molecular complexity index is 479. The minimum atomic E-state index is -3.75. The summed E-state index contributed by atoms with van der Waals surface area (Å²) in [6, 6.07) is 5.33. The molecule has 0 aliphatic rings. The summed E-state index contributed by atoms with van der Waals surface area (Å²) in [6.45, 7) is 2.29. The fourth-order valence-electron chi connectivity index (χ4n) is 1.47. The van der Waals surface area contributed by atoms with Gasteiger partial charge < -0.3 is 0 Å². The molecule has 0 fully saturated rings. The van der Waals surface area contributed by atoms with E-state index < -0.39 is 15.8 Å². The average molecular weight is 294 g/mol. The third-order valence-corrected chi connectivity index (χ3v) is 4.58. The van der Waals surface area contributed by atoms with Gasteiger partial charge in [-0.25, -0.2) is 17.5 Å². The first kappa shape index (κ1) is 15.4. The predicted molar refractivity (Wildman–Crippen MR) is 70.7 cm³/mol. The van der Waals surface area contributed by atoms with Crippen molar-refractivity contribution in [2.45, 2.75) is 24.7 Å². The van der Waals surface area contributed by atoms with Crippen molar-refractivity contribution in [2.75, 3.05) is 12.4 Å². The highest BCUT2D eigenvalue weighted by Crippen LogP contribution is 2.13. The van der Waals surface area contributed by atoms with Crippen LogP contribution < -0.4 is 4.72 Å². The molecule has 1 rings (SSSR count). The van der Waals surface area contributed by atoms with Crippen LogP contribution in [0.3, 0.4) is 0 Å². The van der Waals surface area contributed by atoms with Crippen molar-refractivity contribution in [3.05, 3.63) is 30.1 Å². The number of nitrogens with one attached hydrogen (secondary N) is 1. The summed E-state index contributed by atoms with van der Waals surface area (Å²) in [5, 5.41) is 0. The fourth-order valence-corrected chi connectivity index (χ4v) is 2.78. The summed E-state index contributed by atoms with van der Waals surface area (Å²) < 4.78 is 39.3. The van der Waals surface area contributed by atoms with E-state index in [1.165, 1.54) is 18.2 Å². The number of rotatable bonds is 7. The van der Waals surface area contributed by atoms with Gasteiger partial charge in [0.05, 0.1) is 0 Å². The van der Waals surface area contributed by atoms with E-state index in [0.29, 0.717) is 18.2 Å². The molecule has 0 aliphatic heterocycles. The van der Waals surface area contributed by atoms with Crippen LogP contribution in [-0.2, 0) is 10.0 Å². The van der Waals surface area contributed by atoms with E-state index in [-0.39, 0.29) is 11.4 Å². The van der Waals surface area contributed by atoms with Gasteiger partial charge in [0.1, 0.15) is 10.7 Å². The molecule has 6 heteroatoms. The quantitative estimate of drug-likeness (QED) is 0.621. The summed E-state index contributed by atoms with van der Waals surface area (Å²) >= 11 is 5.65. The number of halogens is 2. The zero-order valence-electron chi connectivity index (χ0n) is 10.2. The van der Waals surface area contributed by atoms with E-state index in [2.05, 4.69) is 4.72 Å². The van der Waals surface area contributed by atoms with Crippen molar-refractivity contribution in [1.29, 1.82) is 0 Å². The van der Waals surface area contributed by atoms with E-state index in [4.69, 9.17) is 11.6 Å². The molecule has 18 heavy (non-hydrogen) atoms. The molecular weight excluding hydrogens is 277 g/mol. The molecule has 0 radical (unpaired) electrons. The SMILES string of the molecule is CC(CCl)CCCNS(=O)(=O)c1ccccc1F. The standard InChI is InChI=1S/C12H17ClFNO2S/c1-10(9-13)5-4-8-15-18(16,17)12-7-3-2-6-11(12)14/h2-3,6-7,10,15H,4-5,8-9H2,1H3. The van der Waals surface area contributed by atoms with Gasteiger partial charge in [-0.3, -0.25) is 0 Å². The number of hydrogen-bond acceptors (Lipinski definition) is 2. The first-order valence-electron chi connectivity index (χ1n) is 5.77. The molecule has 0 saturated heterocycles. The maximum Gasteiger partial charge on any atom is 0.243 e. The van der Waals surface area contributed by atoms with Gasteiger partial charge >= 0.3 is 0 Å². The van der Waals surface area contributed by atoms with Crippen LogP contribution in [0.4, 0.5) is 4.39 Å². The van der Waals surface area contributed by atoms with Crippen LogP contribution in [0.15, 0.2) is 29.2 Å². The lowest BCUT2D eigenvalue weighted by atomic mass is 10.1. The van der Waals surface area contributed by atoms with E-state index in [1.54, 1.807) is 0 Å². The number of alkyl halides is 1. The summed E-state index contributed by atoms with van der Waals surface area (Å²) in [4.78, 5) is -0.310. The van der Waals surface area contributed by atoms with Crippen molar-refractivity contribution in [2.24, 2.45) is 5.92 Å². The van der Waals surface area contributed by atoms with Crippen LogP contribution in [0.5, 0.6) is 0 Å². The van der Waals surface area contributed by atoms with Gasteiger partial charge in [-0.1, -0.05) is 19.1 Å². The molecule has 0 aromatic heterocycles. The van der Waals surface area contributed by atoms with E-state index in [9.17, 15) is 12.8 Å². The highest BCUT2D eigenvalue weighted by Gasteiger charge is 2.17. The van der Waals surface area contributed by atoms with Crippen molar-refractivity contribution in [1.82, 2.24) is 4.72 Å². The molecule has 1 N–H and O–H groups in total. The highest BCUT2D eigenvalue weighted by atomic mass is 35.5. The number of sulfonamides is 1. The van der Waals surface area contributed by atoms with Gasteiger partial charge in [0.25, 0.3) is 0 Å². The zero-order valence-corrected chi connectivity index (χ0v) is 11.8. The zero-order chi connectivity index (χ0) is 13.6. The Kier molecular flexibility index (Phi) is 6.05. The van der Waals surface area contributed by atoms with Crippen LogP contribution in [0, 0.1) is 11.7 Å². The molecule has 0 heterocycles. The first-order chi connectivity index (χ1) is 8.47. The third kappa shape index (κ3) is 4.55. The second-order valence-corrected chi connectivity index (χ2v) is 6.27. The monoisotopic (exact) mass is 293 g/mol. The second kappa shape index (κ2) is 7.07. The van der Waals surface area contributed by atoms with Crippen LogP contribution in [0.1, 0.15) is 19.8 Å². The average Bonchev–Trinajstić information content (AvgIpc) is 2.34. The summed E-state index contributed by atoms with van der Waals surface area (Å²) in [6.07, 6.45) is 1.52. The Balaban J connectivity index is 2.54. The summed E-state index contributed by atoms with van der Waals surface area (Å²) in [5.74, 6) is 0.170. The molecule has 102 valence electrons. The Hall–Kier alpha value is -0.650. The van der Waals surface area contributed by atoms with Gasteiger partial charge in [-0.15, -0.1) is 11.6 Å². The van der Waals surface area contributed by atoms with Gasteiger partial charge in [-0.05, 0) is 30.9 Å². The maximum atomic E-state index is 13.3. The van der Waals surface area contributed by atoms with Gasteiger partial charge in [-0.2, -0.15) is 0 Å². The van der Waals surface area contributed by atoms with Crippen LogP contribution in [0.25, 0.3) is 0 Å². The maximum absolute atomic E-state index is 13.3. The molecule has 0 aliphatic carbocycles. The minimum absolute atomic E-state index is 0.290. The minimum Gasteiger partial charge on any atom is -0.211 e. The lowest BCUT2D eigenvalue weighted by Gasteiger charge is -2.09. The van der Waals surface area contributed by atoms with Crippen LogP contribution in [-0.4, -0.2) is 20.8 Å². The molecule has 1 atom stereocenters. The first-order valence-corrected chi connectivity index (χ1v) is 7.79. The molecule has 3 nitrogen and oxygen atoms in total. The van der Waals surface area contributed by atoms with Crippen LogP contribution in [0.2, 0.25) is 0 Å². The van der Waals surface area contributed by atoms with E-state index in [1.807, 2.05) is 6.92 Å². The van der Waals surface area contributed by atoms with Crippen molar-refractivity contribution in [3.8, 4) is 0 Å². The molecule has 1 unspecified atom stereocenters. The van der Waals surface area contributed by atoms with Crippen LogP contribution >= 0.6 is 11.6 Å². The fraction of sp³-hybridized carbons (Fsp3) is 0.500. The lowest BCUT2D eigenvalue weighted by molar-refractivity contribution is 0.536. The Morgan fingerprint density at radius 1 is 1.39 bits per heavy atom. The second-order valence-electron chi connectivity index (χ2n) is 4.23. The van der Waals surface area contributed by atoms with Crippen molar-refractivity contribution in [3.63, 3.8) is 0 Å². The summed E-state index contributed by atoms with van der Waals surface area (Å²) in [5.41, 5.74) is 0. The number of benzene rings is 1. The normalized spacial score (nSPS) is 13.5. The van der Waals surface area contributed by atoms with Crippen molar-refractivity contribution < 1.29 is 12.8 Å². The van der Waals surface area contributed by atoms with Crippen molar-refractivity contribution >= 4 is 21.6 Å². The molecular formula is C12H17ClFNO2S. The highest BCUT2D eigenvalue weighted by molar-refractivity contribution is 7.89. The Labute approximate surface area is 112 Å². The molecule has 0 amide bonds. The smallest absolute Gasteiger partial charge is 0.211 e. The number of hydrogen-bond donors (Lipinski definition) is 1. The molecule has 0 saturated carbocycles. The molecule has 0 spiro atoms. The van der Waals surface area contributed by atoms with E-state index >= 15 is 0 Å². The summed E-state index contributed by atoms with van der Waals surface area (Å²) in [7, 11) is -3.75. The lowest BCUT2D eigenvalue weighted by Crippen LogP contribution is -2.26. The Morgan fingerprint density at radius 2 is 2.06 bits per heavy atom. The topological polar surface area (TPSA) is 46.2 Å². The van der Waals surface area contributed by atoms with Gasteiger partial charge in [0.15, 0.2) is 0 Å². The van der Waals surface area contributed by atoms with Gasteiger partial charge in [0, 0.05) is 12.4 Å². The molecule has 1 aromatic rings.